The van der Waals surface area contributed by atoms with E-state index >= 15 is 0 Å². The molecule has 0 radical (unpaired) electrons. The average Bonchev–Trinajstić information content (AvgIpc) is 2.61. The first-order valence-corrected chi connectivity index (χ1v) is 8.71. The lowest BCUT2D eigenvalue weighted by molar-refractivity contribution is -0.492. The number of ether oxygens (including phenoxy) is 3. The van der Waals surface area contributed by atoms with Crippen LogP contribution in [0.2, 0.25) is 5.02 Å². The zero-order valence-corrected chi connectivity index (χ0v) is 14.7. The van der Waals surface area contributed by atoms with Crippen molar-refractivity contribution in [3.05, 3.63) is 45.0 Å². The predicted molar refractivity (Wildman–Crippen MR) is 93.9 cm³/mol. The van der Waals surface area contributed by atoms with E-state index in [1.165, 1.54) is 0 Å². The molecule has 7 heteroatoms. The summed E-state index contributed by atoms with van der Waals surface area (Å²) in [6.07, 6.45) is 2.74. The van der Waals surface area contributed by atoms with Gasteiger partial charge in [0.2, 0.25) is 6.54 Å². The van der Waals surface area contributed by atoms with Gasteiger partial charge in [-0.15, -0.1) is 0 Å². The fourth-order valence-electron chi connectivity index (χ4n) is 2.48. The van der Waals surface area contributed by atoms with Crippen LogP contribution in [-0.2, 0) is 14.2 Å². The molecule has 0 saturated carbocycles. The third-order valence-electron chi connectivity index (χ3n) is 3.72. The SMILES string of the molecule is O=[N+]([O-])CC(OCCC#CCOC1CCCCO1)c1ccccc1Cl. The van der Waals surface area contributed by atoms with Crippen molar-refractivity contribution in [2.75, 3.05) is 26.4 Å². The van der Waals surface area contributed by atoms with Crippen LogP contribution in [0.25, 0.3) is 0 Å². The second kappa shape index (κ2) is 11.1. The first-order chi connectivity index (χ1) is 12.2. The van der Waals surface area contributed by atoms with Crippen LogP contribution in [0.5, 0.6) is 0 Å². The summed E-state index contributed by atoms with van der Waals surface area (Å²) >= 11 is 6.10. The molecule has 2 rings (SSSR count). The molecule has 1 aromatic carbocycles. The third-order valence-corrected chi connectivity index (χ3v) is 4.06. The summed E-state index contributed by atoms with van der Waals surface area (Å²) in [7, 11) is 0. The van der Waals surface area contributed by atoms with Crippen molar-refractivity contribution in [2.45, 2.75) is 38.1 Å². The molecule has 1 aliphatic heterocycles. The van der Waals surface area contributed by atoms with Gasteiger partial charge in [-0.25, -0.2) is 0 Å². The van der Waals surface area contributed by atoms with Crippen molar-refractivity contribution in [3.8, 4) is 11.8 Å². The molecule has 0 amide bonds. The maximum Gasteiger partial charge on any atom is 0.233 e. The van der Waals surface area contributed by atoms with Crippen LogP contribution in [0, 0.1) is 22.0 Å². The van der Waals surface area contributed by atoms with Gasteiger partial charge in [-0.05, 0) is 25.3 Å². The molecule has 0 bridgehead atoms. The Kier molecular flexibility index (Phi) is 8.70. The first kappa shape index (κ1) is 19.7. The van der Waals surface area contributed by atoms with Crippen LogP contribution in [-0.4, -0.2) is 37.6 Å². The van der Waals surface area contributed by atoms with Crippen LogP contribution in [0.15, 0.2) is 24.3 Å². The quantitative estimate of drug-likeness (QED) is 0.304. The molecule has 2 unspecified atom stereocenters. The van der Waals surface area contributed by atoms with Gasteiger partial charge in [0.25, 0.3) is 0 Å². The van der Waals surface area contributed by atoms with Crippen molar-refractivity contribution in [1.29, 1.82) is 0 Å². The number of nitro groups is 1. The van der Waals surface area contributed by atoms with Crippen molar-refractivity contribution in [1.82, 2.24) is 0 Å². The van der Waals surface area contributed by atoms with Gasteiger partial charge in [0.15, 0.2) is 6.29 Å². The van der Waals surface area contributed by atoms with Crippen LogP contribution < -0.4 is 0 Å². The van der Waals surface area contributed by atoms with Gasteiger partial charge in [0, 0.05) is 28.5 Å². The molecular formula is C18H22ClNO5. The molecular weight excluding hydrogens is 346 g/mol. The first-order valence-electron chi connectivity index (χ1n) is 8.33. The van der Waals surface area contributed by atoms with E-state index in [1.807, 2.05) is 0 Å². The predicted octanol–water partition coefficient (Wildman–Crippen LogP) is 3.61. The van der Waals surface area contributed by atoms with E-state index in [1.54, 1.807) is 24.3 Å². The van der Waals surface area contributed by atoms with Gasteiger partial charge in [-0.3, -0.25) is 10.1 Å². The zero-order chi connectivity index (χ0) is 17.9. The highest BCUT2D eigenvalue weighted by molar-refractivity contribution is 6.31. The molecule has 0 spiro atoms. The summed E-state index contributed by atoms with van der Waals surface area (Å²) in [5.41, 5.74) is 0.617. The van der Waals surface area contributed by atoms with E-state index in [-0.39, 0.29) is 19.4 Å². The zero-order valence-electron chi connectivity index (χ0n) is 14.0. The number of rotatable bonds is 8. The Balaban J connectivity index is 1.73. The Bertz CT molecular complexity index is 607. The molecule has 1 heterocycles. The summed E-state index contributed by atoms with van der Waals surface area (Å²) in [6.45, 7) is 1.01. The summed E-state index contributed by atoms with van der Waals surface area (Å²) in [5.74, 6) is 5.85. The normalized spacial score (nSPS) is 18.2. The molecule has 0 aliphatic carbocycles. The average molecular weight is 368 g/mol. The Labute approximate surface area is 152 Å². The van der Waals surface area contributed by atoms with Gasteiger partial charge in [-0.2, -0.15) is 0 Å². The van der Waals surface area contributed by atoms with Crippen LogP contribution in [0.4, 0.5) is 0 Å². The number of halogens is 1. The second-order valence-electron chi connectivity index (χ2n) is 5.61. The number of hydrogen-bond acceptors (Lipinski definition) is 5. The lowest BCUT2D eigenvalue weighted by Crippen LogP contribution is -2.22. The molecule has 1 fully saturated rings. The van der Waals surface area contributed by atoms with Crippen LogP contribution in [0.3, 0.4) is 0 Å². The molecule has 6 nitrogen and oxygen atoms in total. The summed E-state index contributed by atoms with van der Waals surface area (Å²) < 4.78 is 16.6. The molecule has 136 valence electrons. The van der Waals surface area contributed by atoms with Crippen molar-refractivity contribution in [2.24, 2.45) is 0 Å². The minimum absolute atomic E-state index is 0.149. The highest BCUT2D eigenvalue weighted by atomic mass is 35.5. The van der Waals surface area contributed by atoms with Crippen LogP contribution >= 0.6 is 11.6 Å². The van der Waals surface area contributed by atoms with Gasteiger partial charge >= 0.3 is 0 Å². The topological polar surface area (TPSA) is 70.8 Å². The van der Waals surface area contributed by atoms with E-state index < -0.39 is 11.0 Å². The maximum absolute atomic E-state index is 10.8. The van der Waals surface area contributed by atoms with E-state index in [2.05, 4.69) is 11.8 Å². The fourth-order valence-corrected chi connectivity index (χ4v) is 2.74. The summed E-state index contributed by atoms with van der Waals surface area (Å²) in [6, 6.07) is 6.98. The van der Waals surface area contributed by atoms with Crippen molar-refractivity contribution >= 4 is 11.6 Å². The molecule has 2 atom stereocenters. The van der Waals surface area contributed by atoms with Crippen molar-refractivity contribution < 1.29 is 19.1 Å². The second-order valence-corrected chi connectivity index (χ2v) is 6.01. The fraction of sp³-hybridized carbons (Fsp3) is 0.556. The van der Waals surface area contributed by atoms with Crippen LogP contribution in [0.1, 0.15) is 37.4 Å². The summed E-state index contributed by atoms with van der Waals surface area (Å²) in [5, 5.41) is 11.3. The van der Waals surface area contributed by atoms with E-state index in [4.69, 9.17) is 25.8 Å². The monoisotopic (exact) mass is 367 g/mol. The molecule has 0 N–H and O–H groups in total. The molecule has 1 aromatic rings. The minimum atomic E-state index is -0.683. The molecule has 25 heavy (non-hydrogen) atoms. The van der Waals surface area contributed by atoms with Crippen molar-refractivity contribution in [3.63, 3.8) is 0 Å². The summed E-state index contributed by atoms with van der Waals surface area (Å²) in [4.78, 5) is 10.4. The van der Waals surface area contributed by atoms with E-state index in [0.717, 1.165) is 25.9 Å². The van der Waals surface area contributed by atoms with E-state index in [9.17, 15) is 10.1 Å². The highest BCUT2D eigenvalue weighted by Crippen LogP contribution is 2.25. The molecule has 1 saturated heterocycles. The minimum Gasteiger partial charge on any atom is -0.366 e. The number of nitrogens with zero attached hydrogens (tertiary/aromatic N) is 1. The van der Waals surface area contributed by atoms with Gasteiger partial charge < -0.3 is 14.2 Å². The molecule has 0 aromatic heterocycles. The van der Waals surface area contributed by atoms with Gasteiger partial charge in [0.05, 0.1) is 6.61 Å². The lowest BCUT2D eigenvalue weighted by atomic mass is 10.1. The van der Waals surface area contributed by atoms with Gasteiger partial charge in [-0.1, -0.05) is 41.6 Å². The largest absolute Gasteiger partial charge is 0.366 e. The number of benzene rings is 1. The maximum atomic E-state index is 10.8. The number of hydrogen-bond donors (Lipinski definition) is 0. The Hall–Kier alpha value is -1.65. The van der Waals surface area contributed by atoms with Gasteiger partial charge in [0.1, 0.15) is 12.7 Å². The highest BCUT2D eigenvalue weighted by Gasteiger charge is 2.20. The molecule has 1 aliphatic rings. The Morgan fingerprint density at radius 1 is 1.36 bits per heavy atom. The lowest BCUT2D eigenvalue weighted by Gasteiger charge is -2.21. The Morgan fingerprint density at radius 2 is 2.20 bits per heavy atom. The Morgan fingerprint density at radius 3 is 2.92 bits per heavy atom. The standard InChI is InChI=1S/C18H22ClNO5/c19-16-9-3-2-8-15(16)17(14-20(21)22)23-11-5-1-6-12-24-18-10-4-7-13-25-18/h2-3,8-9,17-18H,4-5,7,10-14H2. The smallest absolute Gasteiger partial charge is 0.233 e. The third kappa shape index (κ3) is 7.41. The van der Waals surface area contributed by atoms with E-state index in [0.29, 0.717) is 23.6 Å².